The second-order valence-corrected chi connectivity index (χ2v) is 10.1. The van der Waals surface area contributed by atoms with Gasteiger partial charge in [-0.1, -0.05) is 42.4 Å². The average molecular weight is 497 g/mol. The van der Waals surface area contributed by atoms with Crippen molar-refractivity contribution in [2.45, 2.75) is 56.6 Å². The number of carbonyl (C=O) groups excluding carboxylic acids is 1. The third-order valence-corrected chi connectivity index (χ3v) is 7.53. The van der Waals surface area contributed by atoms with Crippen molar-refractivity contribution in [1.29, 1.82) is 0 Å². The van der Waals surface area contributed by atoms with Gasteiger partial charge < -0.3 is 10.2 Å². The topological polar surface area (TPSA) is 67.2 Å². The first-order valence-corrected chi connectivity index (χ1v) is 13.4. The molecule has 0 saturated carbocycles. The van der Waals surface area contributed by atoms with Crippen LogP contribution < -0.4 is 10.9 Å². The van der Waals surface area contributed by atoms with Crippen molar-refractivity contribution in [2.24, 2.45) is 0 Å². The second kappa shape index (κ2) is 12.3. The van der Waals surface area contributed by atoms with Crippen molar-refractivity contribution >= 4 is 28.6 Å². The quantitative estimate of drug-likeness (QED) is 0.249. The van der Waals surface area contributed by atoms with Gasteiger partial charge in [0.2, 0.25) is 5.91 Å². The van der Waals surface area contributed by atoms with E-state index in [1.54, 1.807) is 36.4 Å². The molecule has 1 N–H and O–H groups in total. The van der Waals surface area contributed by atoms with Gasteiger partial charge in [0.1, 0.15) is 5.82 Å². The fraction of sp³-hybridized carbons (Fsp3) is 0.444. The largest absolute Gasteiger partial charge is 0.356 e. The van der Waals surface area contributed by atoms with Crippen molar-refractivity contribution in [3.63, 3.8) is 0 Å². The fourth-order valence-corrected chi connectivity index (χ4v) is 5.48. The summed E-state index contributed by atoms with van der Waals surface area (Å²) >= 11 is 1.37. The third-order valence-electron chi connectivity index (χ3n) is 6.50. The highest BCUT2D eigenvalue weighted by atomic mass is 32.2. The van der Waals surface area contributed by atoms with Gasteiger partial charge in [-0.2, -0.15) is 0 Å². The molecular formula is C27H33FN4O2S. The van der Waals surface area contributed by atoms with Crippen LogP contribution in [-0.4, -0.2) is 51.8 Å². The predicted molar refractivity (Wildman–Crippen MR) is 140 cm³/mol. The molecule has 186 valence electrons. The number of hydrogen-bond donors (Lipinski definition) is 1. The number of carbonyl (C=O) groups is 1. The van der Waals surface area contributed by atoms with E-state index in [1.807, 2.05) is 6.07 Å². The van der Waals surface area contributed by atoms with Crippen molar-refractivity contribution < 1.29 is 9.18 Å². The number of amides is 1. The molecule has 4 rings (SSSR count). The van der Waals surface area contributed by atoms with Crippen LogP contribution in [0.3, 0.4) is 0 Å². The Hall–Kier alpha value is -2.71. The summed E-state index contributed by atoms with van der Waals surface area (Å²) in [4.78, 5) is 32.6. The molecule has 1 saturated heterocycles. The lowest BCUT2D eigenvalue weighted by Crippen LogP contribution is -2.39. The molecule has 3 aromatic rings. The Morgan fingerprint density at radius 2 is 1.94 bits per heavy atom. The molecule has 1 unspecified atom stereocenters. The molecule has 2 heterocycles. The van der Waals surface area contributed by atoms with Gasteiger partial charge in [0.05, 0.1) is 16.6 Å². The van der Waals surface area contributed by atoms with Gasteiger partial charge in [0.25, 0.3) is 5.56 Å². The maximum atomic E-state index is 14.6. The number of aromatic nitrogens is 2. The number of hydrogen-bond acceptors (Lipinski definition) is 5. The van der Waals surface area contributed by atoms with Crippen LogP contribution in [0.5, 0.6) is 0 Å². The molecule has 1 aromatic heterocycles. The van der Waals surface area contributed by atoms with Gasteiger partial charge in [0, 0.05) is 31.3 Å². The molecule has 0 radical (unpaired) electrons. The zero-order valence-corrected chi connectivity index (χ0v) is 21.0. The molecule has 1 aliphatic heterocycles. The Bertz CT molecular complexity index is 1220. The zero-order valence-electron chi connectivity index (χ0n) is 20.2. The van der Waals surface area contributed by atoms with E-state index in [0.717, 1.165) is 19.5 Å². The molecule has 1 atom stereocenters. The van der Waals surface area contributed by atoms with E-state index < -0.39 is 5.82 Å². The van der Waals surface area contributed by atoms with Gasteiger partial charge in [-0.25, -0.2) is 9.37 Å². The van der Waals surface area contributed by atoms with Gasteiger partial charge in [0.15, 0.2) is 5.16 Å². The van der Waals surface area contributed by atoms with Gasteiger partial charge in [-0.3, -0.25) is 14.2 Å². The van der Waals surface area contributed by atoms with E-state index in [0.29, 0.717) is 47.2 Å². The molecule has 1 aliphatic rings. The maximum Gasteiger partial charge on any atom is 0.266 e. The number of halogens is 1. The van der Waals surface area contributed by atoms with Crippen molar-refractivity contribution in [1.82, 2.24) is 19.8 Å². The molecule has 35 heavy (non-hydrogen) atoms. The number of fused-ring (bicyclic) bond motifs is 1. The minimum Gasteiger partial charge on any atom is -0.356 e. The van der Waals surface area contributed by atoms with E-state index in [9.17, 15) is 14.0 Å². The average Bonchev–Trinajstić information content (AvgIpc) is 2.86. The SMILES string of the molecule is CC1CCCCN1CCCNC(=O)CCCSc1nc2ccccc2c(=O)n1-c1ccccc1F. The lowest BCUT2D eigenvalue weighted by atomic mass is 10.0. The van der Waals surface area contributed by atoms with Crippen LogP contribution in [-0.2, 0) is 4.79 Å². The van der Waals surface area contributed by atoms with Crippen LogP contribution in [0.1, 0.15) is 45.4 Å². The molecule has 8 heteroatoms. The normalized spacial score (nSPS) is 16.5. The maximum absolute atomic E-state index is 14.6. The standard InChI is InChI=1S/C27H33FN4O2S/c1-20-10-6-7-17-31(20)18-9-16-29-25(33)15-8-19-35-27-30-23-13-4-2-11-21(23)26(34)32(27)24-14-5-3-12-22(24)28/h2-5,11-14,20H,6-10,15-19H2,1H3,(H,29,33). The number of likely N-dealkylation sites (tertiary alicyclic amines) is 1. The van der Waals surface area contributed by atoms with E-state index in [4.69, 9.17) is 0 Å². The van der Waals surface area contributed by atoms with E-state index in [-0.39, 0.29) is 17.2 Å². The predicted octanol–water partition coefficient (Wildman–Crippen LogP) is 4.78. The molecular weight excluding hydrogens is 463 g/mol. The molecule has 0 spiro atoms. The van der Waals surface area contributed by atoms with Crippen LogP contribution in [0.4, 0.5) is 4.39 Å². The van der Waals surface area contributed by atoms with Crippen LogP contribution in [0.15, 0.2) is 58.5 Å². The molecule has 1 amide bonds. The first-order valence-electron chi connectivity index (χ1n) is 12.4. The van der Waals surface area contributed by atoms with Crippen LogP contribution in [0, 0.1) is 5.82 Å². The Balaban J connectivity index is 1.32. The second-order valence-electron chi connectivity index (χ2n) is 9.04. The van der Waals surface area contributed by atoms with Crippen molar-refractivity contribution in [3.8, 4) is 5.69 Å². The van der Waals surface area contributed by atoms with Gasteiger partial charge in [-0.05, 0) is 63.4 Å². The Morgan fingerprint density at radius 3 is 2.77 bits per heavy atom. The number of rotatable bonds is 10. The monoisotopic (exact) mass is 496 g/mol. The van der Waals surface area contributed by atoms with E-state index in [2.05, 4.69) is 22.1 Å². The summed E-state index contributed by atoms with van der Waals surface area (Å²) in [5.74, 6) is 0.153. The lowest BCUT2D eigenvalue weighted by molar-refractivity contribution is -0.121. The molecule has 6 nitrogen and oxygen atoms in total. The Kier molecular flexibility index (Phi) is 8.93. The minimum absolute atomic E-state index is 0.0373. The number of piperidine rings is 1. The molecule has 1 fully saturated rings. The Labute approximate surface area is 209 Å². The first-order chi connectivity index (χ1) is 17.0. The van der Waals surface area contributed by atoms with Crippen LogP contribution in [0.2, 0.25) is 0 Å². The highest BCUT2D eigenvalue weighted by molar-refractivity contribution is 7.99. The summed E-state index contributed by atoms with van der Waals surface area (Å²) < 4.78 is 15.9. The van der Waals surface area contributed by atoms with Gasteiger partial charge in [-0.15, -0.1) is 0 Å². The molecule has 0 aliphatic carbocycles. The van der Waals surface area contributed by atoms with Crippen LogP contribution in [0.25, 0.3) is 16.6 Å². The summed E-state index contributed by atoms with van der Waals surface area (Å²) in [6.07, 6.45) is 5.86. The number of benzene rings is 2. The summed E-state index contributed by atoms with van der Waals surface area (Å²) in [6.45, 7) is 5.16. The van der Waals surface area contributed by atoms with E-state index in [1.165, 1.54) is 41.7 Å². The third kappa shape index (κ3) is 6.49. The van der Waals surface area contributed by atoms with Gasteiger partial charge >= 0.3 is 0 Å². The fourth-order valence-electron chi connectivity index (χ4n) is 4.54. The highest BCUT2D eigenvalue weighted by Crippen LogP contribution is 2.23. The summed E-state index contributed by atoms with van der Waals surface area (Å²) in [5.41, 5.74) is 0.455. The zero-order chi connectivity index (χ0) is 24.6. The molecule has 2 aromatic carbocycles. The van der Waals surface area contributed by atoms with Crippen molar-refractivity contribution in [2.75, 3.05) is 25.4 Å². The minimum atomic E-state index is -0.480. The lowest BCUT2D eigenvalue weighted by Gasteiger charge is -2.33. The smallest absolute Gasteiger partial charge is 0.266 e. The number of thioether (sulfide) groups is 1. The van der Waals surface area contributed by atoms with Crippen molar-refractivity contribution in [3.05, 3.63) is 64.7 Å². The Morgan fingerprint density at radius 1 is 1.14 bits per heavy atom. The molecule has 0 bridgehead atoms. The summed E-state index contributed by atoms with van der Waals surface area (Å²) in [5, 5.41) is 3.89. The summed E-state index contributed by atoms with van der Waals surface area (Å²) in [6, 6.07) is 13.9. The highest BCUT2D eigenvalue weighted by Gasteiger charge is 2.18. The van der Waals surface area contributed by atoms with E-state index >= 15 is 0 Å². The van der Waals surface area contributed by atoms with Crippen LogP contribution >= 0.6 is 11.8 Å². The first kappa shape index (κ1) is 25.4. The number of nitrogens with zero attached hydrogens (tertiary/aromatic N) is 3. The summed E-state index contributed by atoms with van der Waals surface area (Å²) in [7, 11) is 0. The number of para-hydroxylation sites is 2. The number of nitrogens with one attached hydrogen (secondary N) is 1.